The summed E-state index contributed by atoms with van der Waals surface area (Å²) in [6.45, 7) is 0.0907. The van der Waals surface area contributed by atoms with E-state index in [-0.39, 0.29) is 6.54 Å². The van der Waals surface area contributed by atoms with E-state index >= 15 is 0 Å². The molecule has 2 aromatic rings. The molecule has 0 amide bonds. The van der Waals surface area contributed by atoms with Crippen LogP contribution in [0.4, 0.5) is 13.2 Å². The summed E-state index contributed by atoms with van der Waals surface area (Å²) < 4.78 is 37.7. The average Bonchev–Trinajstić information content (AvgIpc) is 2.67. The van der Waals surface area contributed by atoms with E-state index in [1.54, 1.807) is 6.07 Å². The van der Waals surface area contributed by atoms with Crippen molar-refractivity contribution < 1.29 is 13.2 Å². The molecule has 1 radical (unpaired) electrons. The summed E-state index contributed by atoms with van der Waals surface area (Å²) in [4.78, 5) is 7.76. The zero-order chi connectivity index (χ0) is 11.6. The quantitative estimate of drug-likeness (QED) is 0.781. The lowest BCUT2D eigenvalue weighted by atomic mass is 10.4. The highest BCUT2D eigenvalue weighted by Crippen LogP contribution is 2.26. The summed E-state index contributed by atoms with van der Waals surface area (Å²) in [6.07, 6.45) is -0.317. The average molecular weight is 227 g/mol. The van der Waals surface area contributed by atoms with Crippen LogP contribution in [0.2, 0.25) is 0 Å². The third kappa shape index (κ3) is 2.36. The monoisotopic (exact) mass is 227 g/mol. The summed E-state index contributed by atoms with van der Waals surface area (Å²) >= 11 is 0. The van der Waals surface area contributed by atoms with Gasteiger partial charge in [0.2, 0.25) is 0 Å². The molecule has 83 valence electrons. The van der Waals surface area contributed by atoms with Gasteiger partial charge in [0.1, 0.15) is 12.4 Å². The molecule has 2 heterocycles. The lowest BCUT2D eigenvalue weighted by Gasteiger charge is -2.01. The van der Waals surface area contributed by atoms with Gasteiger partial charge >= 0.3 is 6.18 Å². The summed E-state index contributed by atoms with van der Waals surface area (Å²) in [6, 6.07) is 3.66. The Morgan fingerprint density at radius 1 is 1.25 bits per heavy atom. The molecular weight excluding hydrogens is 221 g/mol. The normalized spacial score (nSPS) is 11.7. The van der Waals surface area contributed by atoms with Gasteiger partial charge in [0.05, 0.1) is 0 Å². The van der Waals surface area contributed by atoms with Crippen LogP contribution in [-0.2, 0) is 12.7 Å². The maximum atomic E-state index is 12.2. The van der Waals surface area contributed by atoms with Gasteiger partial charge in [0, 0.05) is 24.7 Å². The molecule has 0 aliphatic rings. The molecule has 0 saturated carbocycles. The minimum absolute atomic E-state index is 0.0907. The Morgan fingerprint density at radius 3 is 2.50 bits per heavy atom. The SMILES string of the molecule is FC(F)(F)c1[c]cn(Cc2ncccn2)n1. The summed E-state index contributed by atoms with van der Waals surface area (Å²) in [7, 11) is 0. The van der Waals surface area contributed by atoms with Crippen molar-refractivity contribution in [2.24, 2.45) is 0 Å². The van der Waals surface area contributed by atoms with Gasteiger partial charge < -0.3 is 0 Å². The highest BCUT2D eigenvalue weighted by Gasteiger charge is 2.33. The van der Waals surface area contributed by atoms with Crippen LogP contribution in [-0.4, -0.2) is 19.7 Å². The molecule has 0 saturated heterocycles. The maximum Gasteiger partial charge on any atom is 0.435 e. The van der Waals surface area contributed by atoms with Crippen molar-refractivity contribution in [3.05, 3.63) is 42.2 Å². The van der Waals surface area contributed by atoms with Gasteiger partial charge in [-0.25, -0.2) is 9.97 Å². The van der Waals surface area contributed by atoms with E-state index in [1.807, 2.05) is 6.07 Å². The van der Waals surface area contributed by atoms with Crippen LogP contribution >= 0.6 is 0 Å². The molecule has 2 aromatic heterocycles. The summed E-state index contributed by atoms with van der Waals surface area (Å²) in [5, 5.41) is 3.33. The zero-order valence-electron chi connectivity index (χ0n) is 7.94. The Kier molecular flexibility index (Phi) is 2.59. The van der Waals surface area contributed by atoms with Gasteiger partial charge in [0.15, 0.2) is 5.69 Å². The van der Waals surface area contributed by atoms with E-state index in [4.69, 9.17) is 0 Å². The Bertz CT molecular complexity index is 463. The largest absolute Gasteiger partial charge is 0.435 e. The van der Waals surface area contributed by atoms with E-state index in [2.05, 4.69) is 15.1 Å². The minimum atomic E-state index is -4.47. The molecule has 16 heavy (non-hydrogen) atoms. The van der Waals surface area contributed by atoms with Crippen LogP contribution in [0.3, 0.4) is 0 Å². The molecule has 0 N–H and O–H groups in total. The van der Waals surface area contributed by atoms with Crippen molar-refractivity contribution in [2.75, 3.05) is 0 Å². The van der Waals surface area contributed by atoms with Crippen LogP contribution in [0.25, 0.3) is 0 Å². The van der Waals surface area contributed by atoms with Gasteiger partial charge in [-0.1, -0.05) is 0 Å². The highest BCUT2D eigenvalue weighted by molar-refractivity contribution is 5.02. The van der Waals surface area contributed by atoms with E-state index in [9.17, 15) is 13.2 Å². The predicted molar refractivity (Wildman–Crippen MR) is 47.2 cm³/mol. The fourth-order valence-electron chi connectivity index (χ4n) is 1.10. The Balaban J connectivity index is 2.15. The first kappa shape index (κ1) is 10.6. The second-order valence-corrected chi connectivity index (χ2v) is 2.98. The molecule has 0 aliphatic carbocycles. The molecule has 4 nitrogen and oxygen atoms in total. The van der Waals surface area contributed by atoms with E-state index in [1.165, 1.54) is 12.4 Å². The number of nitrogens with zero attached hydrogens (tertiary/aromatic N) is 4. The van der Waals surface area contributed by atoms with Crippen molar-refractivity contribution in [1.29, 1.82) is 0 Å². The number of hydrogen-bond acceptors (Lipinski definition) is 3. The molecule has 0 unspecified atom stereocenters. The molecule has 0 fully saturated rings. The third-order valence-electron chi connectivity index (χ3n) is 1.77. The molecule has 2 rings (SSSR count). The second kappa shape index (κ2) is 3.92. The first-order chi connectivity index (χ1) is 7.55. The van der Waals surface area contributed by atoms with Crippen molar-refractivity contribution in [3.63, 3.8) is 0 Å². The topological polar surface area (TPSA) is 43.6 Å². The third-order valence-corrected chi connectivity index (χ3v) is 1.77. The first-order valence-corrected chi connectivity index (χ1v) is 4.34. The highest BCUT2D eigenvalue weighted by atomic mass is 19.4. The molecule has 0 aromatic carbocycles. The summed E-state index contributed by atoms with van der Waals surface area (Å²) in [5.74, 6) is 0.396. The van der Waals surface area contributed by atoms with Crippen LogP contribution in [0.15, 0.2) is 24.7 Å². The molecule has 0 bridgehead atoms. The number of aromatic nitrogens is 4. The van der Waals surface area contributed by atoms with Crippen LogP contribution < -0.4 is 0 Å². The standard InChI is InChI=1S/C9H6F3N4/c10-9(11,12)7-2-5-16(15-7)6-8-13-3-1-4-14-8/h1,3-5H,6H2. The molecule has 0 aliphatic heterocycles. The van der Waals surface area contributed by atoms with Gasteiger partial charge in [-0.3, -0.25) is 4.68 Å². The number of rotatable bonds is 2. The second-order valence-electron chi connectivity index (χ2n) is 2.98. The van der Waals surface area contributed by atoms with E-state index in [0.29, 0.717) is 5.82 Å². The lowest BCUT2D eigenvalue weighted by molar-refractivity contribution is -0.141. The Hall–Kier alpha value is -1.92. The van der Waals surface area contributed by atoms with E-state index in [0.717, 1.165) is 10.9 Å². The molecule has 7 heteroatoms. The van der Waals surface area contributed by atoms with Crippen molar-refractivity contribution in [1.82, 2.24) is 19.7 Å². The van der Waals surface area contributed by atoms with Gasteiger partial charge in [-0.05, 0) is 6.07 Å². The van der Waals surface area contributed by atoms with Crippen molar-refractivity contribution in [3.8, 4) is 0 Å². The first-order valence-electron chi connectivity index (χ1n) is 4.34. The number of hydrogen-bond donors (Lipinski definition) is 0. The number of halogens is 3. The smallest absolute Gasteiger partial charge is 0.264 e. The minimum Gasteiger partial charge on any atom is -0.264 e. The molecule has 0 atom stereocenters. The maximum absolute atomic E-state index is 12.2. The lowest BCUT2D eigenvalue weighted by Crippen LogP contribution is -2.09. The van der Waals surface area contributed by atoms with Gasteiger partial charge in [0.25, 0.3) is 0 Å². The Labute approximate surface area is 88.8 Å². The predicted octanol–water partition coefficient (Wildman–Crippen LogP) is 1.54. The van der Waals surface area contributed by atoms with Crippen LogP contribution in [0, 0.1) is 6.07 Å². The summed E-state index contributed by atoms with van der Waals surface area (Å²) in [5.41, 5.74) is -1.04. The van der Waals surface area contributed by atoms with Crippen LogP contribution in [0.5, 0.6) is 0 Å². The fourth-order valence-corrected chi connectivity index (χ4v) is 1.10. The molecule has 0 spiro atoms. The number of alkyl halides is 3. The van der Waals surface area contributed by atoms with Gasteiger partial charge in [-0.15, -0.1) is 0 Å². The molecular formula is C9H6F3N4. The van der Waals surface area contributed by atoms with Crippen molar-refractivity contribution >= 4 is 0 Å². The zero-order valence-corrected chi connectivity index (χ0v) is 7.94. The fraction of sp³-hybridized carbons (Fsp3) is 0.222. The van der Waals surface area contributed by atoms with Crippen molar-refractivity contribution in [2.45, 2.75) is 12.7 Å². The Morgan fingerprint density at radius 2 is 1.94 bits per heavy atom. The van der Waals surface area contributed by atoms with E-state index < -0.39 is 11.9 Å². The van der Waals surface area contributed by atoms with Gasteiger partial charge in [-0.2, -0.15) is 18.3 Å². The van der Waals surface area contributed by atoms with Crippen LogP contribution in [0.1, 0.15) is 11.5 Å².